The summed E-state index contributed by atoms with van der Waals surface area (Å²) < 4.78 is 14.3. The van der Waals surface area contributed by atoms with Gasteiger partial charge in [-0.05, 0) is 17.7 Å². The molecule has 2 aromatic rings. The van der Waals surface area contributed by atoms with Crippen molar-refractivity contribution in [1.82, 2.24) is 14.8 Å². The molecule has 2 N–H and O–H groups in total. The lowest BCUT2D eigenvalue weighted by Gasteiger charge is -2.07. The maximum atomic E-state index is 12.7. The van der Waals surface area contributed by atoms with E-state index in [1.54, 1.807) is 30.2 Å². The van der Waals surface area contributed by atoms with E-state index in [4.69, 9.17) is 5.73 Å². The van der Waals surface area contributed by atoms with Crippen LogP contribution in [0.25, 0.3) is 0 Å². The van der Waals surface area contributed by atoms with Crippen LogP contribution in [0.2, 0.25) is 0 Å². The molecule has 0 spiro atoms. The molecular weight excluding hydrogens is 195 g/mol. The number of nitrogens with zero attached hydrogens (tertiary/aromatic N) is 3. The molecule has 5 heteroatoms. The summed E-state index contributed by atoms with van der Waals surface area (Å²) in [5.74, 6) is 0.254. The molecule has 2 rings (SSSR count). The van der Waals surface area contributed by atoms with E-state index >= 15 is 0 Å². The number of aryl methyl sites for hydroxylation is 1. The van der Waals surface area contributed by atoms with Crippen LogP contribution in [-0.2, 0) is 7.05 Å². The first kappa shape index (κ1) is 9.79. The highest BCUT2D eigenvalue weighted by Crippen LogP contribution is 2.15. The number of rotatable bonds is 2. The van der Waals surface area contributed by atoms with Crippen LogP contribution in [0, 0.1) is 5.82 Å². The molecule has 0 unspecified atom stereocenters. The lowest BCUT2D eigenvalue weighted by Crippen LogP contribution is -2.14. The fourth-order valence-corrected chi connectivity index (χ4v) is 1.32. The summed E-state index contributed by atoms with van der Waals surface area (Å²) >= 11 is 0. The molecule has 0 fully saturated rings. The van der Waals surface area contributed by atoms with E-state index in [0.717, 1.165) is 5.56 Å². The van der Waals surface area contributed by atoms with Crippen molar-refractivity contribution in [1.29, 1.82) is 0 Å². The smallest absolute Gasteiger partial charge is 0.171 e. The van der Waals surface area contributed by atoms with Crippen LogP contribution < -0.4 is 5.73 Å². The minimum absolute atomic E-state index is 0.278. The lowest BCUT2D eigenvalue weighted by molar-refractivity contribution is 0.625. The quantitative estimate of drug-likeness (QED) is 0.797. The Balaban J connectivity index is 2.28. The van der Waals surface area contributed by atoms with E-state index in [1.165, 1.54) is 12.1 Å². The number of aromatic nitrogens is 3. The van der Waals surface area contributed by atoms with Crippen LogP contribution in [0.4, 0.5) is 4.39 Å². The van der Waals surface area contributed by atoms with Gasteiger partial charge in [0.05, 0.1) is 6.04 Å². The van der Waals surface area contributed by atoms with Crippen LogP contribution in [0.15, 0.2) is 30.6 Å². The van der Waals surface area contributed by atoms with Crippen molar-refractivity contribution in [3.63, 3.8) is 0 Å². The number of benzene rings is 1. The van der Waals surface area contributed by atoms with E-state index in [1.807, 2.05) is 0 Å². The highest BCUT2D eigenvalue weighted by atomic mass is 19.1. The molecule has 0 aliphatic carbocycles. The van der Waals surface area contributed by atoms with Gasteiger partial charge in [0.25, 0.3) is 0 Å². The summed E-state index contributed by atoms with van der Waals surface area (Å²) in [5.41, 5.74) is 6.71. The maximum Gasteiger partial charge on any atom is 0.171 e. The van der Waals surface area contributed by atoms with Gasteiger partial charge in [0.2, 0.25) is 0 Å². The lowest BCUT2D eigenvalue weighted by atomic mass is 10.1. The predicted molar refractivity (Wildman–Crippen MR) is 53.4 cm³/mol. The van der Waals surface area contributed by atoms with Crippen molar-refractivity contribution < 1.29 is 4.39 Å². The summed E-state index contributed by atoms with van der Waals surface area (Å²) in [6, 6.07) is 5.61. The average molecular weight is 206 g/mol. The second-order valence-electron chi connectivity index (χ2n) is 3.31. The summed E-state index contributed by atoms with van der Waals surface area (Å²) in [4.78, 5) is 4.05. The topological polar surface area (TPSA) is 56.7 Å². The largest absolute Gasteiger partial charge is 0.318 e. The molecule has 0 saturated heterocycles. The van der Waals surface area contributed by atoms with Gasteiger partial charge in [0, 0.05) is 7.05 Å². The molecule has 78 valence electrons. The van der Waals surface area contributed by atoms with Gasteiger partial charge in [0.15, 0.2) is 5.82 Å². The first-order valence-corrected chi connectivity index (χ1v) is 4.53. The predicted octanol–water partition coefficient (Wildman–Crippen LogP) is 1.00. The van der Waals surface area contributed by atoms with E-state index in [-0.39, 0.29) is 5.82 Å². The molecule has 0 aliphatic rings. The summed E-state index contributed by atoms with van der Waals surface area (Å²) in [6.07, 6.45) is 1.58. The average Bonchev–Trinajstić information content (AvgIpc) is 2.65. The molecule has 0 radical (unpaired) electrons. The Morgan fingerprint density at radius 2 is 2.00 bits per heavy atom. The van der Waals surface area contributed by atoms with Crippen molar-refractivity contribution in [3.05, 3.63) is 47.8 Å². The van der Waals surface area contributed by atoms with Crippen molar-refractivity contribution in [2.75, 3.05) is 0 Å². The van der Waals surface area contributed by atoms with Gasteiger partial charge >= 0.3 is 0 Å². The fraction of sp³-hybridized carbons (Fsp3) is 0.200. The van der Waals surface area contributed by atoms with Gasteiger partial charge in [-0.2, -0.15) is 5.10 Å². The van der Waals surface area contributed by atoms with Crippen molar-refractivity contribution >= 4 is 0 Å². The Hall–Kier alpha value is -1.75. The van der Waals surface area contributed by atoms with Gasteiger partial charge in [0.1, 0.15) is 12.1 Å². The van der Waals surface area contributed by atoms with Crippen LogP contribution in [0.1, 0.15) is 17.4 Å². The van der Waals surface area contributed by atoms with Gasteiger partial charge in [-0.3, -0.25) is 4.68 Å². The third kappa shape index (κ3) is 2.02. The molecule has 1 aromatic heterocycles. The van der Waals surface area contributed by atoms with Crippen LogP contribution in [0.5, 0.6) is 0 Å². The summed E-state index contributed by atoms with van der Waals surface area (Å²) in [5, 5.41) is 4.10. The molecule has 0 amide bonds. The van der Waals surface area contributed by atoms with Gasteiger partial charge in [-0.25, -0.2) is 9.37 Å². The zero-order valence-electron chi connectivity index (χ0n) is 8.26. The highest BCUT2D eigenvalue weighted by molar-refractivity contribution is 5.24. The van der Waals surface area contributed by atoms with Crippen molar-refractivity contribution in [3.8, 4) is 0 Å². The van der Waals surface area contributed by atoms with E-state index < -0.39 is 6.04 Å². The summed E-state index contributed by atoms with van der Waals surface area (Å²) in [7, 11) is 1.77. The number of halogens is 1. The highest BCUT2D eigenvalue weighted by Gasteiger charge is 2.12. The fourth-order valence-electron chi connectivity index (χ4n) is 1.32. The molecule has 0 aliphatic heterocycles. The third-order valence-electron chi connectivity index (χ3n) is 2.12. The standard InChI is InChI=1S/C10H11FN4/c1-15-6-13-10(14-15)9(12)7-2-4-8(11)5-3-7/h2-6,9H,12H2,1H3/t9-/m0/s1. The molecule has 1 atom stereocenters. The second kappa shape index (κ2) is 3.78. The molecule has 4 nitrogen and oxygen atoms in total. The Bertz CT molecular complexity index is 449. The Kier molecular flexibility index (Phi) is 2.47. The Labute approximate surface area is 86.6 Å². The van der Waals surface area contributed by atoms with Crippen LogP contribution in [-0.4, -0.2) is 14.8 Å². The monoisotopic (exact) mass is 206 g/mol. The molecular formula is C10H11FN4. The SMILES string of the molecule is Cn1cnc([C@@H](N)c2ccc(F)cc2)n1. The molecule has 1 aromatic carbocycles. The van der Waals surface area contributed by atoms with Gasteiger partial charge in [-0.1, -0.05) is 12.1 Å². The first-order valence-electron chi connectivity index (χ1n) is 4.53. The maximum absolute atomic E-state index is 12.7. The molecule has 0 bridgehead atoms. The van der Waals surface area contributed by atoms with Gasteiger partial charge < -0.3 is 5.73 Å². The number of nitrogens with two attached hydrogens (primary N) is 1. The van der Waals surface area contributed by atoms with Crippen LogP contribution in [0.3, 0.4) is 0 Å². The Morgan fingerprint density at radius 1 is 1.33 bits per heavy atom. The van der Waals surface area contributed by atoms with Crippen molar-refractivity contribution in [2.45, 2.75) is 6.04 Å². The zero-order valence-corrected chi connectivity index (χ0v) is 8.26. The minimum atomic E-state index is -0.410. The van der Waals surface area contributed by atoms with E-state index in [0.29, 0.717) is 5.82 Å². The number of hydrogen-bond donors (Lipinski definition) is 1. The van der Waals surface area contributed by atoms with E-state index in [9.17, 15) is 4.39 Å². The van der Waals surface area contributed by atoms with Gasteiger partial charge in [-0.15, -0.1) is 0 Å². The molecule has 0 saturated carbocycles. The third-order valence-corrected chi connectivity index (χ3v) is 2.12. The normalized spacial score (nSPS) is 12.7. The number of hydrogen-bond acceptors (Lipinski definition) is 3. The first-order chi connectivity index (χ1) is 7.16. The minimum Gasteiger partial charge on any atom is -0.318 e. The van der Waals surface area contributed by atoms with E-state index in [2.05, 4.69) is 10.1 Å². The summed E-state index contributed by atoms with van der Waals surface area (Å²) in [6.45, 7) is 0. The van der Waals surface area contributed by atoms with Crippen LogP contribution >= 0.6 is 0 Å². The molecule has 15 heavy (non-hydrogen) atoms. The van der Waals surface area contributed by atoms with Crippen molar-refractivity contribution in [2.24, 2.45) is 12.8 Å². The zero-order chi connectivity index (χ0) is 10.8. The second-order valence-corrected chi connectivity index (χ2v) is 3.31. The Morgan fingerprint density at radius 3 is 2.53 bits per heavy atom. The molecule has 1 heterocycles.